The molecular formula is C14H19N3OS. The van der Waals surface area contributed by atoms with Crippen LogP contribution in [-0.2, 0) is 4.79 Å². The van der Waals surface area contributed by atoms with Crippen molar-refractivity contribution < 1.29 is 4.79 Å². The third-order valence-electron chi connectivity index (χ3n) is 2.50. The number of benzene rings is 1. The Bertz CT molecular complexity index is 553. The average molecular weight is 277 g/mol. The van der Waals surface area contributed by atoms with E-state index in [1.807, 2.05) is 57.0 Å². The summed E-state index contributed by atoms with van der Waals surface area (Å²) < 4.78 is 1.14. The summed E-state index contributed by atoms with van der Waals surface area (Å²) in [5.41, 5.74) is 0.775. The Labute approximate surface area is 117 Å². The number of thiazole rings is 1. The molecule has 0 saturated carbocycles. The highest BCUT2D eigenvalue weighted by Gasteiger charge is 2.16. The van der Waals surface area contributed by atoms with E-state index in [4.69, 9.17) is 0 Å². The number of fused-ring (bicyclic) bond motifs is 1. The molecule has 4 nitrogen and oxygen atoms in total. The quantitative estimate of drug-likeness (QED) is 0.938. The normalized spacial score (nSPS) is 11.6. The van der Waals surface area contributed by atoms with Gasteiger partial charge in [0, 0.05) is 12.6 Å². The zero-order valence-corrected chi connectivity index (χ0v) is 12.5. The summed E-state index contributed by atoms with van der Waals surface area (Å²) in [7, 11) is 1.89. The molecule has 0 aliphatic rings. The van der Waals surface area contributed by atoms with Crippen molar-refractivity contribution in [3.8, 4) is 0 Å². The molecule has 0 aliphatic heterocycles. The number of nitrogens with zero attached hydrogens (tertiary/aromatic N) is 2. The van der Waals surface area contributed by atoms with Gasteiger partial charge >= 0.3 is 0 Å². The van der Waals surface area contributed by atoms with Crippen molar-refractivity contribution in [3.05, 3.63) is 24.3 Å². The van der Waals surface area contributed by atoms with E-state index >= 15 is 0 Å². The van der Waals surface area contributed by atoms with Crippen LogP contribution in [0.15, 0.2) is 24.3 Å². The smallest absolute Gasteiger partial charge is 0.239 e. The Morgan fingerprint density at radius 2 is 2.05 bits per heavy atom. The van der Waals surface area contributed by atoms with Crippen molar-refractivity contribution in [1.82, 2.24) is 10.3 Å². The lowest BCUT2D eigenvalue weighted by Crippen LogP contribution is -2.45. The first-order valence-electron chi connectivity index (χ1n) is 6.23. The van der Waals surface area contributed by atoms with E-state index in [0.29, 0.717) is 6.54 Å². The highest BCUT2D eigenvalue weighted by molar-refractivity contribution is 7.22. The molecule has 0 bridgehead atoms. The van der Waals surface area contributed by atoms with Crippen molar-refractivity contribution >= 4 is 32.6 Å². The van der Waals surface area contributed by atoms with E-state index in [-0.39, 0.29) is 11.4 Å². The van der Waals surface area contributed by atoms with Crippen molar-refractivity contribution in [1.29, 1.82) is 0 Å². The highest BCUT2D eigenvalue weighted by atomic mass is 32.1. The fourth-order valence-electron chi connectivity index (χ4n) is 1.76. The SMILES string of the molecule is CN(CC(=O)NC(C)(C)C)c1nc2ccccc2s1. The van der Waals surface area contributed by atoms with Gasteiger partial charge in [0.2, 0.25) is 5.91 Å². The van der Waals surface area contributed by atoms with Gasteiger partial charge in [-0.25, -0.2) is 4.98 Å². The Morgan fingerprint density at radius 1 is 1.37 bits per heavy atom. The van der Waals surface area contributed by atoms with Crippen LogP contribution in [-0.4, -0.2) is 30.0 Å². The zero-order valence-electron chi connectivity index (χ0n) is 11.7. The minimum Gasteiger partial charge on any atom is -0.350 e. The Morgan fingerprint density at radius 3 is 2.68 bits per heavy atom. The second kappa shape index (κ2) is 5.17. The van der Waals surface area contributed by atoms with Gasteiger partial charge in [0.1, 0.15) is 0 Å². The van der Waals surface area contributed by atoms with Crippen LogP contribution in [0.4, 0.5) is 5.13 Å². The molecule has 0 atom stereocenters. The summed E-state index contributed by atoms with van der Waals surface area (Å²) in [6.07, 6.45) is 0. The van der Waals surface area contributed by atoms with Crippen LogP contribution in [0, 0.1) is 0 Å². The largest absolute Gasteiger partial charge is 0.350 e. The molecule has 5 heteroatoms. The number of carbonyl (C=O) groups excluding carboxylic acids is 1. The summed E-state index contributed by atoms with van der Waals surface area (Å²) in [4.78, 5) is 18.3. The fraction of sp³-hybridized carbons (Fsp3) is 0.429. The van der Waals surface area contributed by atoms with Gasteiger partial charge in [-0.15, -0.1) is 0 Å². The van der Waals surface area contributed by atoms with Gasteiger partial charge in [-0.1, -0.05) is 23.5 Å². The van der Waals surface area contributed by atoms with Crippen LogP contribution in [0.5, 0.6) is 0 Å². The van der Waals surface area contributed by atoms with Crippen LogP contribution in [0.1, 0.15) is 20.8 Å². The number of aromatic nitrogens is 1. The van der Waals surface area contributed by atoms with Gasteiger partial charge in [-0.05, 0) is 32.9 Å². The molecule has 2 aromatic rings. The molecule has 1 heterocycles. The Hall–Kier alpha value is -1.62. The van der Waals surface area contributed by atoms with Crippen molar-refractivity contribution in [2.75, 3.05) is 18.5 Å². The molecule has 2 rings (SSSR count). The van der Waals surface area contributed by atoms with Crippen molar-refractivity contribution in [2.45, 2.75) is 26.3 Å². The van der Waals surface area contributed by atoms with Crippen LogP contribution in [0.3, 0.4) is 0 Å². The molecule has 0 aliphatic carbocycles. The molecule has 0 radical (unpaired) electrons. The maximum absolute atomic E-state index is 11.9. The minimum atomic E-state index is -0.203. The lowest BCUT2D eigenvalue weighted by Gasteiger charge is -2.23. The Kier molecular flexibility index (Phi) is 3.75. The standard InChI is InChI=1S/C14H19N3OS/c1-14(2,3)16-12(18)9-17(4)13-15-10-7-5-6-8-11(10)19-13/h5-8H,9H2,1-4H3,(H,16,18). The van der Waals surface area contributed by atoms with Crippen LogP contribution < -0.4 is 10.2 Å². The average Bonchev–Trinajstić information content (AvgIpc) is 2.69. The summed E-state index contributed by atoms with van der Waals surface area (Å²) in [6.45, 7) is 6.24. The second-order valence-corrected chi connectivity index (χ2v) is 6.63. The predicted molar refractivity (Wildman–Crippen MR) is 80.8 cm³/mol. The van der Waals surface area contributed by atoms with Gasteiger partial charge in [0.15, 0.2) is 5.13 Å². The third-order valence-corrected chi connectivity index (χ3v) is 3.66. The number of anilines is 1. The van der Waals surface area contributed by atoms with Gasteiger partial charge in [-0.3, -0.25) is 4.79 Å². The van der Waals surface area contributed by atoms with E-state index in [1.165, 1.54) is 0 Å². The van der Waals surface area contributed by atoms with Gasteiger partial charge in [0.05, 0.1) is 16.8 Å². The van der Waals surface area contributed by atoms with Crippen LogP contribution in [0.2, 0.25) is 0 Å². The van der Waals surface area contributed by atoms with E-state index in [1.54, 1.807) is 11.3 Å². The van der Waals surface area contributed by atoms with E-state index < -0.39 is 0 Å². The number of hydrogen-bond donors (Lipinski definition) is 1. The van der Waals surface area contributed by atoms with Crippen LogP contribution in [0.25, 0.3) is 10.2 Å². The monoisotopic (exact) mass is 277 g/mol. The summed E-state index contributed by atoms with van der Waals surface area (Å²) >= 11 is 1.60. The number of hydrogen-bond acceptors (Lipinski definition) is 4. The number of para-hydroxylation sites is 1. The minimum absolute atomic E-state index is 0.00857. The maximum atomic E-state index is 11.9. The molecule has 1 amide bonds. The summed E-state index contributed by atoms with van der Waals surface area (Å²) in [5, 5.41) is 3.82. The maximum Gasteiger partial charge on any atom is 0.239 e. The summed E-state index contributed by atoms with van der Waals surface area (Å²) in [5.74, 6) is 0.00857. The van der Waals surface area contributed by atoms with E-state index in [0.717, 1.165) is 15.3 Å². The molecule has 1 aromatic heterocycles. The lowest BCUT2D eigenvalue weighted by molar-refractivity contribution is -0.121. The number of likely N-dealkylation sites (N-methyl/N-ethyl adjacent to an activating group) is 1. The molecule has 1 aromatic carbocycles. The first-order valence-corrected chi connectivity index (χ1v) is 7.04. The van der Waals surface area contributed by atoms with E-state index in [2.05, 4.69) is 10.3 Å². The second-order valence-electron chi connectivity index (χ2n) is 5.62. The number of amides is 1. The van der Waals surface area contributed by atoms with Gasteiger partial charge in [0.25, 0.3) is 0 Å². The molecule has 1 N–H and O–H groups in total. The molecule has 19 heavy (non-hydrogen) atoms. The third kappa shape index (κ3) is 3.67. The summed E-state index contributed by atoms with van der Waals surface area (Å²) in [6, 6.07) is 7.99. The molecular weight excluding hydrogens is 258 g/mol. The van der Waals surface area contributed by atoms with E-state index in [9.17, 15) is 4.79 Å². The highest BCUT2D eigenvalue weighted by Crippen LogP contribution is 2.27. The number of carbonyl (C=O) groups is 1. The zero-order chi connectivity index (χ0) is 14.0. The number of rotatable bonds is 3. The fourth-order valence-corrected chi connectivity index (χ4v) is 2.69. The molecule has 0 fully saturated rings. The molecule has 0 unspecified atom stereocenters. The number of nitrogens with one attached hydrogen (secondary N) is 1. The predicted octanol–water partition coefficient (Wildman–Crippen LogP) is 2.65. The van der Waals surface area contributed by atoms with Crippen molar-refractivity contribution in [3.63, 3.8) is 0 Å². The van der Waals surface area contributed by atoms with Gasteiger partial charge in [-0.2, -0.15) is 0 Å². The first-order chi connectivity index (χ1) is 8.85. The van der Waals surface area contributed by atoms with Crippen molar-refractivity contribution in [2.24, 2.45) is 0 Å². The topological polar surface area (TPSA) is 45.2 Å². The molecule has 0 spiro atoms. The van der Waals surface area contributed by atoms with Crippen LogP contribution >= 0.6 is 11.3 Å². The molecule has 0 saturated heterocycles. The first kappa shape index (κ1) is 13.8. The molecule has 102 valence electrons. The lowest BCUT2D eigenvalue weighted by atomic mass is 10.1. The van der Waals surface area contributed by atoms with Gasteiger partial charge < -0.3 is 10.2 Å². The Balaban J connectivity index is 2.07.